The zero-order chi connectivity index (χ0) is 21.3. The van der Waals surface area contributed by atoms with E-state index in [0.29, 0.717) is 37.7 Å². The van der Waals surface area contributed by atoms with Gasteiger partial charge in [0, 0.05) is 34.8 Å². The maximum Gasteiger partial charge on any atom is 0.251 e. The van der Waals surface area contributed by atoms with E-state index in [4.69, 9.17) is 0 Å². The van der Waals surface area contributed by atoms with E-state index in [2.05, 4.69) is 33.1 Å². The van der Waals surface area contributed by atoms with Crippen LogP contribution < -0.4 is 16.0 Å². The van der Waals surface area contributed by atoms with Crippen LogP contribution in [0.2, 0.25) is 0 Å². The monoisotopic (exact) mass is 552 g/mol. The first-order chi connectivity index (χ1) is 14.6. The number of thiophene rings is 1. The molecule has 1 atom stereocenters. The Kier molecular flexibility index (Phi) is 10.2. The lowest BCUT2D eigenvalue weighted by Gasteiger charge is -2.14. The van der Waals surface area contributed by atoms with Gasteiger partial charge in [-0.2, -0.15) is 0 Å². The summed E-state index contributed by atoms with van der Waals surface area (Å²) in [4.78, 5) is 17.5. The summed E-state index contributed by atoms with van der Waals surface area (Å²) in [7, 11) is 0. The topological polar surface area (TPSA) is 85.8 Å². The number of aliphatic hydroxyl groups excluding tert-OH is 1. The molecule has 0 aliphatic rings. The third-order valence-electron chi connectivity index (χ3n) is 4.53. The summed E-state index contributed by atoms with van der Waals surface area (Å²) in [5.74, 6) is 0.542. The fraction of sp³-hybridized carbons (Fsp3) is 0.304. The van der Waals surface area contributed by atoms with E-state index in [1.54, 1.807) is 17.4 Å². The summed E-state index contributed by atoms with van der Waals surface area (Å²) in [6, 6.07) is 17.6. The van der Waals surface area contributed by atoms with Crippen molar-refractivity contribution < 1.29 is 9.90 Å². The SMILES string of the molecule is CCNC(=O)c1cccc(CN=C(NCC)NCC(O)c2cc3ccccc3s2)c1.I. The first kappa shape index (κ1) is 25.1. The molecule has 3 rings (SSSR count). The zero-order valence-corrected chi connectivity index (χ0v) is 20.9. The molecule has 0 spiro atoms. The number of carbonyl (C=O) groups excluding carboxylic acids is 1. The third kappa shape index (κ3) is 7.19. The Balaban J connectivity index is 0.00000341. The van der Waals surface area contributed by atoms with Crippen molar-refractivity contribution in [1.29, 1.82) is 0 Å². The van der Waals surface area contributed by atoms with Gasteiger partial charge in [0.25, 0.3) is 5.91 Å². The Morgan fingerprint density at radius 1 is 1.03 bits per heavy atom. The predicted molar refractivity (Wildman–Crippen MR) is 139 cm³/mol. The van der Waals surface area contributed by atoms with E-state index in [9.17, 15) is 9.90 Å². The van der Waals surface area contributed by atoms with E-state index in [-0.39, 0.29) is 29.9 Å². The quantitative estimate of drug-likeness (QED) is 0.193. The van der Waals surface area contributed by atoms with E-state index in [1.165, 1.54) is 4.70 Å². The molecule has 0 saturated carbocycles. The van der Waals surface area contributed by atoms with E-state index in [0.717, 1.165) is 15.8 Å². The number of benzene rings is 2. The van der Waals surface area contributed by atoms with Crippen molar-refractivity contribution in [1.82, 2.24) is 16.0 Å². The molecule has 0 bridgehead atoms. The summed E-state index contributed by atoms with van der Waals surface area (Å²) < 4.78 is 1.17. The average Bonchev–Trinajstić information content (AvgIpc) is 3.20. The minimum absolute atomic E-state index is 0. The maximum atomic E-state index is 12.0. The molecule has 0 radical (unpaired) electrons. The van der Waals surface area contributed by atoms with Crippen LogP contribution >= 0.6 is 35.3 Å². The van der Waals surface area contributed by atoms with Crippen molar-refractivity contribution in [2.24, 2.45) is 4.99 Å². The van der Waals surface area contributed by atoms with Crippen LogP contribution in [-0.2, 0) is 6.54 Å². The molecule has 0 aliphatic heterocycles. The number of aliphatic imine (C=N–C) groups is 1. The standard InChI is InChI=1S/C23H28N4O2S.HI/c1-3-24-22(29)18-10-7-8-16(12-18)14-26-23(25-4-2)27-15-19(28)21-13-17-9-5-6-11-20(17)30-21;/h5-13,19,28H,3-4,14-15H2,1-2H3,(H,24,29)(H2,25,26,27);1H. The lowest BCUT2D eigenvalue weighted by Crippen LogP contribution is -2.39. The number of hydrogen-bond acceptors (Lipinski definition) is 4. The second-order valence-corrected chi connectivity index (χ2v) is 7.95. The fourth-order valence-corrected chi connectivity index (χ4v) is 4.10. The first-order valence-electron chi connectivity index (χ1n) is 10.2. The molecular weight excluding hydrogens is 523 g/mol. The lowest BCUT2D eigenvalue weighted by molar-refractivity contribution is 0.0955. The number of fused-ring (bicyclic) bond motifs is 1. The molecular formula is C23H29IN4O2S. The number of halogens is 1. The van der Waals surface area contributed by atoms with Gasteiger partial charge in [0.05, 0.1) is 6.54 Å². The molecule has 2 aromatic carbocycles. The number of rotatable bonds is 8. The maximum absolute atomic E-state index is 12.0. The summed E-state index contributed by atoms with van der Waals surface area (Å²) in [6.07, 6.45) is -0.618. The summed E-state index contributed by atoms with van der Waals surface area (Å²) in [5.41, 5.74) is 1.57. The molecule has 1 unspecified atom stereocenters. The first-order valence-corrected chi connectivity index (χ1v) is 11.0. The van der Waals surface area contributed by atoms with Gasteiger partial charge in [-0.15, -0.1) is 35.3 Å². The van der Waals surface area contributed by atoms with Gasteiger partial charge in [-0.3, -0.25) is 4.79 Å². The molecule has 166 valence electrons. The molecule has 1 heterocycles. The van der Waals surface area contributed by atoms with Gasteiger partial charge >= 0.3 is 0 Å². The van der Waals surface area contributed by atoms with Gasteiger partial charge < -0.3 is 21.1 Å². The molecule has 4 N–H and O–H groups in total. The largest absolute Gasteiger partial charge is 0.386 e. The van der Waals surface area contributed by atoms with Crippen LogP contribution in [0.4, 0.5) is 0 Å². The molecule has 6 nitrogen and oxygen atoms in total. The highest BCUT2D eigenvalue weighted by Gasteiger charge is 2.12. The van der Waals surface area contributed by atoms with Gasteiger partial charge in [-0.1, -0.05) is 30.3 Å². The third-order valence-corrected chi connectivity index (χ3v) is 5.74. The van der Waals surface area contributed by atoms with Crippen LogP contribution in [0.1, 0.15) is 40.8 Å². The minimum atomic E-state index is -0.618. The molecule has 8 heteroatoms. The van der Waals surface area contributed by atoms with Crippen molar-refractivity contribution in [3.05, 3.63) is 70.6 Å². The van der Waals surface area contributed by atoms with Crippen molar-refractivity contribution >= 4 is 57.3 Å². The van der Waals surface area contributed by atoms with Gasteiger partial charge in [-0.05, 0) is 49.1 Å². The molecule has 1 amide bonds. The van der Waals surface area contributed by atoms with Crippen molar-refractivity contribution in [2.75, 3.05) is 19.6 Å². The molecule has 3 aromatic rings. The van der Waals surface area contributed by atoms with Crippen molar-refractivity contribution in [2.45, 2.75) is 26.5 Å². The van der Waals surface area contributed by atoms with Gasteiger partial charge in [0.1, 0.15) is 6.10 Å². The molecule has 0 aliphatic carbocycles. The van der Waals surface area contributed by atoms with E-state index < -0.39 is 6.10 Å². The van der Waals surface area contributed by atoms with Gasteiger partial charge in [-0.25, -0.2) is 4.99 Å². The van der Waals surface area contributed by atoms with E-state index >= 15 is 0 Å². The van der Waals surface area contributed by atoms with Crippen LogP contribution in [0.3, 0.4) is 0 Å². The van der Waals surface area contributed by atoms with Crippen LogP contribution in [0.25, 0.3) is 10.1 Å². The van der Waals surface area contributed by atoms with Crippen molar-refractivity contribution in [3.8, 4) is 0 Å². The number of guanidine groups is 1. The Bertz CT molecular complexity index is 988. The van der Waals surface area contributed by atoms with Crippen LogP contribution in [0.5, 0.6) is 0 Å². The van der Waals surface area contributed by atoms with Crippen molar-refractivity contribution in [3.63, 3.8) is 0 Å². The normalized spacial score (nSPS) is 12.2. The van der Waals surface area contributed by atoms with Crippen LogP contribution in [-0.4, -0.2) is 36.6 Å². The summed E-state index contributed by atoms with van der Waals surface area (Å²) in [6.45, 7) is 5.99. The summed E-state index contributed by atoms with van der Waals surface area (Å²) in [5, 5.41) is 20.9. The van der Waals surface area contributed by atoms with Gasteiger partial charge in [0.2, 0.25) is 0 Å². The average molecular weight is 552 g/mol. The Hall–Kier alpha value is -2.17. The number of carbonyl (C=O) groups is 1. The lowest BCUT2D eigenvalue weighted by atomic mass is 10.1. The smallest absolute Gasteiger partial charge is 0.251 e. The highest BCUT2D eigenvalue weighted by Crippen LogP contribution is 2.29. The molecule has 0 fully saturated rings. The van der Waals surface area contributed by atoms with Gasteiger partial charge in [0.15, 0.2) is 5.96 Å². The second-order valence-electron chi connectivity index (χ2n) is 6.84. The fourth-order valence-electron chi connectivity index (χ4n) is 3.05. The highest BCUT2D eigenvalue weighted by molar-refractivity contribution is 14.0. The highest BCUT2D eigenvalue weighted by atomic mass is 127. The van der Waals surface area contributed by atoms with E-state index in [1.807, 2.05) is 50.2 Å². The molecule has 1 aromatic heterocycles. The zero-order valence-electron chi connectivity index (χ0n) is 17.7. The number of nitrogens with zero attached hydrogens (tertiary/aromatic N) is 1. The Morgan fingerprint density at radius 2 is 1.81 bits per heavy atom. The predicted octanol–water partition coefficient (Wildman–Crippen LogP) is 4.06. The number of nitrogens with one attached hydrogen (secondary N) is 3. The number of aliphatic hydroxyl groups is 1. The second kappa shape index (κ2) is 12.6. The van der Waals surface area contributed by atoms with Crippen LogP contribution in [0, 0.1) is 0 Å². The minimum Gasteiger partial charge on any atom is -0.386 e. The number of amides is 1. The van der Waals surface area contributed by atoms with Crippen LogP contribution in [0.15, 0.2) is 59.6 Å². The Morgan fingerprint density at radius 3 is 2.55 bits per heavy atom. The summed E-state index contributed by atoms with van der Waals surface area (Å²) >= 11 is 1.60. The molecule has 0 saturated heterocycles. The Labute approximate surface area is 204 Å². The number of hydrogen-bond donors (Lipinski definition) is 4. The molecule has 31 heavy (non-hydrogen) atoms.